The van der Waals surface area contributed by atoms with Crippen LogP contribution in [0.5, 0.6) is 0 Å². The predicted molar refractivity (Wildman–Crippen MR) is 49.7 cm³/mol. The van der Waals surface area contributed by atoms with E-state index in [4.69, 9.17) is 15.6 Å². The van der Waals surface area contributed by atoms with Crippen molar-refractivity contribution in [2.75, 3.05) is 20.3 Å². The summed E-state index contributed by atoms with van der Waals surface area (Å²) in [6, 6.07) is -0.969. The molecule has 1 atom stereocenters. The topological polar surface area (TPSA) is 102 Å². The van der Waals surface area contributed by atoms with Crippen molar-refractivity contribution < 1.29 is 19.4 Å². The van der Waals surface area contributed by atoms with Crippen LogP contribution in [-0.2, 0) is 14.3 Å². The minimum atomic E-state index is -1.09. The van der Waals surface area contributed by atoms with Crippen LogP contribution in [0.15, 0.2) is 0 Å². The summed E-state index contributed by atoms with van der Waals surface area (Å²) >= 11 is 0. The fourth-order valence-corrected chi connectivity index (χ4v) is 0.791. The molecule has 6 nitrogen and oxygen atoms in total. The number of rotatable bonds is 7. The second-order valence-corrected chi connectivity index (χ2v) is 2.83. The number of amides is 1. The van der Waals surface area contributed by atoms with E-state index in [-0.39, 0.29) is 18.7 Å². The largest absolute Gasteiger partial charge is 0.480 e. The fourth-order valence-electron chi connectivity index (χ4n) is 0.791. The number of hydrogen-bond acceptors (Lipinski definition) is 4. The third kappa shape index (κ3) is 6.38. The van der Waals surface area contributed by atoms with E-state index in [0.29, 0.717) is 13.2 Å². The van der Waals surface area contributed by atoms with Crippen molar-refractivity contribution in [1.82, 2.24) is 5.32 Å². The average Bonchev–Trinajstić information content (AvgIpc) is 2.14. The number of nitrogens with two attached hydrogens (primary N) is 1. The zero-order chi connectivity index (χ0) is 11.0. The third-order valence-electron chi connectivity index (χ3n) is 1.63. The number of aliphatic carboxylic acids is 1. The molecule has 0 radical (unpaired) electrons. The van der Waals surface area contributed by atoms with Crippen LogP contribution in [0.3, 0.4) is 0 Å². The maximum atomic E-state index is 11.0. The number of carbonyl (C=O) groups excluding carboxylic acids is 1. The van der Waals surface area contributed by atoms with Gasteiger partial charge in [0.15, 0.2) is 0 Å². The van der Waals surface area contributed by atoms with Crippen molar-refractivity contribution in [1.29, 1.82) is 0 Å². The normalized spacial score (nSPS) is 12.1. The molecule has 14 heavy (non-hydrogen) atoms. The molecule has 1 amide bonds. The monoisotopic (exact) mass is 204 g/mol. The average molecular weight is 204 g/mol. The minimum absolute atomic E-state index is 0.122. The lowest BCUT2D eigenvalue weighted by molar-refractivity contribution is -0.138. The quantitative estimate of drug-likeness (QED) is 0.459. The number of carboxylic acids is 1. The van der Waals surface area contributed by atoms with Gasteiger partial charge in [0.2, 0.25) is 5.91 Å². The molecule has 0 fully saturated rings. The fraction of sp³-hybridized carbons (Fsp3) is 0.750. The van der Waals surface area contributed by atoms with E-state index in [1.807, 2.05) is 0 Å². The standard InChI is InChI=1S/C8H16N2O4/c1-14-5-4-10-7(11)3-2-6(9)8(12)13/h6H,2-5,9H2,1H3,(H,10,11)(H,12,13)/t6-/m0/s1. The second kappa shape index (κ2) is 7.28. The molecular weight excluding hydrogens is 188 g/mol. The summed E-state index contributed by atoms with van der Waals surface area (Å²) in [5.41, 5.74) is 5.22. The SMILES string of the molecule is COCCNC(=O)CC[C@H](N)C(=O)O. The lowest BCUT2D eigenvalue weighted by Gasteiger charge is -2.06. The van der Waals surface area contributed by atoms with Gasteiger partial charge in [0.1, 0.15) is 6.04 Å². The Balaban J connectivity index is 3.48. The van der Waals surface area contributed by atoms with E-state index >= 15 is 0 Å². The lowest BCUT2D eigenvalue weighted by Crippen LogP contribution is -2.33. The number of hydrogen-bond donors (Lipinski definition) is 3. The maximum absolute atomic E-state index is 11.0. The molecule has 82 valence electrons. The van der Waals surface area contributed by atoms with E-state index in [2.05, 4.69) is 5.32 Å². The van der Waals surface area contributed by atoms with E-state index in [1.165, 1.54) is 7.11 Å². The number of methoxy groups -OCH3 is 1. The van der Waals surface area contributed by atoms with Crippen molar-refractivity contribution >= 4 is 11.9 Å². The molecule has 0 bridgehead atoms. The smallest absolute Gasteiger partial charge is 0.320 e. The van der Waals surface area contributed by atoms with Crippen LogP contribution in [0.25, 0.3) is 0 Å². The van der Waals surface area contributed by atoms with Crippen LogP contribution in [0.1, 0.15) is 12.8 Å². The van der Waals surface area contributed by atoms with E-state index < -0.39 is 12.0 Å². The highest BCUT2D eigenvalue weighted by Crippen LogP contribution is 1.94. The van der Waals surface area contributed by atoms with Crippen molar-refractivity contribution in [3.05, 3.63) is 0 Å². The highest BCUT2D eigenvalue weighted by atomic mass is 16.5. The van der Waals surface area contributed by atoms with Gasteiger partial charge in [0, 0.05) is 20.1 Å². The molecule has 0 aromatic heterocycles. The molecular formula is C8H16N2O4. The number of nitrogens with one attached hydrogen (secondary N) is 1. The lowest BCUT2D eigenvalue weighted by atomic mass is 10.1. The molecule has 0 rings (SSSR count). The molecule has 0 spiro atoms. The molecule has 0 saturated carbocycles. The van der Waals surface area contributed by atoms with Crippen molar-refractivity contribution in [3.63, 3.8) is 0 Å². The Hall–Kier alpha value is -1.14. The number of carbonyl (C=O) groups is 2. The maximum Gasteiger partial charge on any atom is 0.320 e. The van der Waals surface area contributed by atoms with Crippen molar-refractivity contribution in [2.45, 2.75) is 18.9 Å². The first-order valence-corrected chi connectivity index (χ1v) is 4.32. The third-order valence-corrected chi connectivity index (χ3v) is 1.63. The predicted octanol–water partition coefficient (Wildman–Crippen LogP) is -1.06. The van der Waals surface area contributed by atoms with Gasteiger partial charge in [-0.05, 0) is 6.42 Å². The first kappa shape index (κ1) is 12.9. The summed E-state index contributed by atoms with van der Waals surface area (Å²) in [7, 11) is 1.53. The molecule has 4 N–H and O–H groups in total. The van der Waals surface area contributed by atoms with Crippen LogP contribution in [-0.4, -0.2) is 43.3 Å². The summed E-state index contributed by atoms with van der Waals surface area (Å²) in [5, 5.41) is 11.0. The van der Waals surface area contributed by atoms with Gasteiger partial charge in [-0.2, -0.15) is 0 Å². The highest BCUT2D eigenvalue weighted by molar-refractivity contribution is 5.78. The number of ether oxygens (including phenoxy) is 1. The van der Waals surface area contributed by atoms with Gasteiger partial charge in [-0.3, -0.25) is 9.59 Å². The molecule has 0 saturated heterocycles. The summed E-state index contributed by atoms with van der Waals surface area (Å²) in [6.07, 6.45) is 0.269. The zero-order valence-corrected chi connectivity index (χ0v) is 8.16. The number of carboxylic acid groups (broad SMARTS) is 1. The Kier molecular flexibility index (Phi) is 6.69. The minimum Gasteiger partial charge on any atom is -0.480 e. The van der Waals surface area contributed by atoms with Gasteiger partial charge in [-0.25, -0.2) is 0 Å². The molecule has 0 aliphatic rings. The van der Waals surface area contributed by atoms with Gasteiger partial charge >= 0.3 is 5.97 Å². The first-order valence-electron chi connectivity index (χ1n) is 4.32. The van der Waals surface area contributed by atoms with Gasteiger partial charge < -0.3 is 20.9 Å². The van der Waals surface area contributed by atoms with Crippen molar-refractivity contribution in [3.8, 4) is 0 Å². The Bertz CT molecular complexity index is 196. The van der Waals surface area contributed by atoms with Gasteiger partial charge in [-0.15, -0.1) is 0 Å². The Morgan fingerprint density at radius 2 is 2.21 bits per heavy atom. The van der Waals surface area contributed by atoms with E-state index in [9.17, 15) is 9.59 Å². The van der Waals surface area contributed by atoms with Crippen LogP contribution in [0.4, 0.5) is 0 Å². The van der Waals surface area contributed by atoms with Crippen LogP contribution < -0.4 is 11.1 Å². The van der Waals surface area contributed by atoms with E-state index in [0.717, 1.165) is 0 Å². The molecule has 0 unspecified atom stereocenters. The van der Waals surface area contributed by atoms with Crippen LogP contribution >= 0.6 is 0 Å². The Morgan fingerprint density at radius 3 is 2.71 bits per heavy atom. The Labute approximate surface area is 82.4 Å². The van der Waals surface area contributed by atoms with Gasteiger partial charge in [0.05, 0.1) is 6.61 Å². The summed E-state index contributed by atoms with van der Waals surface area (Å²) in [6.45, 7) is 0.869. The van der Waals surface area contributed by atoms with Gasteiger partial charge in [0.25, 0.3) is 0 Å². The molecule has 0 heterocycles. The zero-order valence-electron chi connectivity index (χ0n) is 8.16. The highest BCUT2D eigenvalue weighted by Gasteiger charge is 2.12. The molecule has 0 aromatic rings. The van der Waals surface area contributed by atoms with Gasteiger partial charge in [-0.1, -0.05) is 0 Å². The van der Waals surface area contributed by atoms with Crippen molar-refractivity contribution in [2.24, 2.45) is 5.73 Å². The molecule has 0 aliphatic heterocycles. The molecule has 0 aliphatic carbocycles. The Morgan fingerprint density at radius 1 is 1.57 bits per heavy atom. The summed E-state index contributed by atoms with van der Waals surface area (Å²) < 4.78 is 4.72. The summed E-state index contributed by atoms with van der Waals surface area (Å²) in [4.78, 5) is 21.3. The molecule has 0 aromatic carbocycles. The van der Waals surface area contributed by atoms with E-state index in [1.54, 1.807) is 0 Å². The first-order chi connectivity index (χ1) is 6.57. The molecule has 6 heteroatoms. The van der Waals surface area contributed by atoms with Crippen LogP contribution in [0.2, 0.25) is 0 Å². The second-order valence-electron chi connectivity index (χ2n) is 2.83. The summed E-state index contributed by atoms with van der Waals surface area (Å²) in [5.74, 6) is -1.30. The van der Waals surface area contributed by atoms with Crippen LogP contribution in [0, 0.1) is 0 Å².